The van der Waals surface area contributed by atoms with Gasteiger partial charge in [0, 0.05) is 51.4 Å². The molecule has 0 bridgehead atoms. The van der Waals surface area contributed by atoms with Gasteiger partial charge in [0.2, 0.25) is 5.91 Å². The first-order chi connectivity index (χ1) is 12.9. The van der Waals surface area contributed by atoms with Gasteiger partial charge in [-0.2, -0.15) is 0 Å². The molecule has 2 fully saturated rings. The Bertz CT molecular complexity index is 654. The summed E-state index contributed by atoms with van der Waals surface area (Å²) in [7, 11) is 0. The van der Waals surface area contributed by atoms with Gasteiger partial charge in [-0.15, -0.1) is 0 Å². The van der Waals surface area contributed by atoms with E-state index in [0.717, 1.165) is 45.6 Å². The van der Waals surface area contributed by atoms with E-state index < -0.39 is 0 Å². The summed E-state index contributed by atoms with van der Waals surface area (Å²) in [5.41, 5.74) is 0.479. The molecule has 2 saturated heterocycles. The van der Waals surface area contributed by atoms with Crippen LogP contribution in [0.3, 0.4) is 0 Å². The lowest BCUT2D eigenvalue weighted by Gasteiger charge is -2.39. The molecule has 1 unspecified atom stereocenters. The van der Waals surface area contributed by atoms with E-state index in [4.69, 9.17) is 0 Å². The molecule has 0 N–H and O–H groups in total. The van der Waals surface area contributed by atoms with Gasteiger partial charge in [0.15, 0.2) is 0 Å². The van der Waals surface area contributed by atoms with Crippen molar-refractivity contribution in [2.45, 2.75) is 26.7 Å². The van der Waals surface area contributed by atoms with Gasteiger partial charge in [0.05, 0.1) is 5.92 Å². The van der Waals surface area contributed by atoms with Crippen LogP contribution in [0.4, 0.5) is 4.39 Å². The van der Waals surface area contributed by atoms with E-state index in [0.29, 0.717) is 24.6 Å². The molecule has 0 saturated carbocycles. The molecule has 2 aliphatic heterocycles. The summed E-state index contributed by atoms with van der Waals surface area (Å²) in [5, 5.41) is 0. The average Bonchev–Trinajstić information content (AvgIpc) is 2.68. The highest BCUT2D eigenvalue weighted by Gasteiger charge is 2.32. The number of hydrogen-bond acceptors (Lipinski definition) is 3. The maximum absolute atomic E-state index is 13.1. The van der Waals surface area contributed by atoms with Crippen LogP contribution in [0.5, 0.6) is 0 Å². The van der Waals surface area contributed by atoms with Crippen LogP contribution in [-0.2, 0) is 4.79 Å². The number of rotatable bonds is 4. The number of benzene rings is 1. The number of amides is 2. The Morgan fingerprint density at radius 1 is 1.04 bits per heavy atom. The molecule has 1 aromatic rings. The highest BCUT2D eigenvalue weighted by molar-refractivity contribution is 5.94. The smallest absolute Gasteiger partial charge is 0.253 e. The number of nitrogens with zero attached hydrogens (tertiary/aromatic N) is 3. The fourth-order valence-corrected chi connectivity index (χ4v) is 4.06. The van der Waals surface area contributed by atoms with E-state index in [1.807, 2.05) is 4.90 Å². The van der Waals surface area contributed by atoms with Crippen LogP contribution >= 0.6 is 0 Å². The first-order valence-electron chi connectivity index (χ1n) is 10.00. The molecular formula is C21H30FN3O2. The predicted molar refractivity (Wildman–Crippen MR) is 103 cm³/mol. The topological polar surface area (TPSA) is 43.9 Å². The Hall–Kier alpha value is -1.95. The Balaban J connectivity index is 1.55. The number of piperidine rings is 1. The number of likely N-dealkylation sites (tertiary alicyclic amines) is 1. The van der Waals surface area contributed by atoms with E-state index in [2.05, 4.69) is 18.7 Å². The molecule has 1 atom stereocenters. The first-order valence-corrected chi connectivity index (χ1v) is 10.00. The molecule has 2 aliphatic rings. The van der Waals surface area contributed by atoms with Crippen molar-refractivity contribution in [3.8, 4) is 0 Å². The maximum atomic E-state index is 13.1. The summed E-state index contributed by atoms with van der Waals surface area (Å²) in [6.45, 7) is 10.0. The van der Waals surface area contributed by atoms with Gasteiger partial charge >= 0.3 is 0 Å². The molecule has 27 heavy (non-hydrogen) atoms. The quantitative estimate of drug-likeness (QED) is 0.812. The largest absolute Gasteiger partial charge is 0.340 e. The van der Waals surface area contributed by atoms with Crippen molar-refractivity contribution >= 4 is 11.8 Å². The van der Waals surface area contributed by atoms with Gasteiger partial charge in [-0.25, -0.2) is 4.39 Å². The van der Waals surface area contributed by atoms with Crippen molar-refractivity contribution < 1.29 is 14.0 Å². The molecule has 0 aromatic heterocycles. The summed E-state index contributed by atoms with van der Waals surface area (Å²) in [4.78, 5) is 31.8. The fourth-order valence-electron chi connectivity index (χ4n) is 4.06. The molecule has 3 rings (SSSR count). The zero-order chi connectivity index (χ0) is 19.4. The fraction of sp³-hybridized carbons (Fsp3) is 0.619. The zero-order valence-corrected chi connectivity index (χ0v) is 16.4. The Kier molecular flexibility index (Phi) is 6.47. The second-order valence-electron chi connectivity index (χ2n) is 8.12. The molecule has 0 radical (unpaired) electrons. The molecule has 2 heterocycles. The second kappa shape index (κ2) is 8.83. The summed E-state index contributed by atoms with van der Waals surface area (Å²) >= 11 is 0. The molecule has 148 valence electrons. The molecule has 0 aliphatic carbocycles. The number of piperazine rings is 1. The molecular weight excluding hydrogens is 345 g/mol. The Morgan fingerprint density at radius 2 is 1.70 bits per heavy atom. The number of carbonyl (C=O) groups is 2. The van der Waals surface area contributed by atoms with E-state index in [-0.39, 0.29) is 23.5 Å². The van der Waals surface area contributed by atoms with Crippen LogP contribution in [0.25, 0.3) is 0 Å². The third-order valence-corrected chi connectivity index (χ3v) is 5.46. The van der Waals surface area contributed by atoms with E-state index in [1.165, 1.54) is 24.3 Å². The van der Waals surface area contributed by atoms with Gasteiger partial charge in [-0.3, -0.25) is 14.5 Å². The lowest BCUT2D eigenvalue weighted by molar-refractivity contribution is -0.138. The first kappa shape index (κ1) is 19.8. The molecule has 5 nitrogen and oxygen atoms in total. The van der Waals surface area contributed by atoms with Crippen LogP contribution < -0.4 is 0 Å². The minimum atomic E-state index is -0.352. The van der Waals surface area contributed by atoms with Gasteiger partial charge in [-0.05, 0) is 43.0 Å². The second-order valence-corrected chi connectivity index (χ2v) is 8.12. The Morgan fingerprint density at radius 3 is 2.33 bits per heavy atom. The molecule has 1 aromatic carbocycles. The van der Waals surface area contributed by atoms with Gasteiger partial charge < -0.3 is 9.80 Å². The van der Waals surface area contributed by atoms with Gasteiger partial charge in [0.25, 0.3) is 5.91 Å². The normalized spacial score (nSPS) is 21.6. The predicted octanol–water partition coefficient (Wildman–Crippen LogP) is 2.48. The average molecular weight is 375 g/mol. The lowest BCUT2D eigenvalue weighted by Crippen LogP contribution is -2.53. The summed E-state index contributed by atoms with van der Waals surface area (Å²) in [6.07, 6.45) is 1.66. The summed E-state index contributed by atoms with van der Waals surface area (Å²) < 4.78 is 13.1. The van der Waals surface area contributed by atoms with Crippen LogP contribution in [0.1, 0.15) is 37.0 Å². The van der Waals surface area contributed by atoms with Crippen LogP contribution in [-0.4, -0.2) is 72.3 Å². The SMILES string of the molecule is CC(C)CN1CCN(C(=O)C2CCCN(C(=O)c3ccc(F)cc3)C2)CC1. The number of hydrogen-bond donors (Lipinski definition) is 0. The van der Waals surface area contributed by atoms with Crippen molar-refractivity contribution in [2.24, 2.45) is 11.8 Å². The zero-order valence-electron chi connectivity index (χ0n) is 16.4. The highest BCUT2D eigenvalue weighted by Crippen LogP contribution is 2.22. The Labute approximate surface area is 161 Å². The van der Waals surface area contributed by atoms with E-state index in [9.17, 15) is 14.0 Å². The van der Waals surface area contributed by atoms with E-state index in [1.54, 1.807) is 4.90 Å². The summed E-state index contributed by atoms with van der Waals surface area (Å²) in [5.74, 6) is 0.219. The highest BCUT2D eigenvalue weighted by atomic mass is 19.1. The van der Waals surface area contributed by atoms with Crippen molar-refractivity contribution in [1.29, 1.82) is 0 Å². The molecule has 6 heteroatoms. The van der Waals surface area contributed by atoms with Gasteiger partial charge in [-0.1, -0.05) is 13.8 Å². The van der Waals surface area contributed by atoms with Crippen molar-refractivity contribution in [1.82, 2.24) is 14.7 Å². The standard InChI is InChI=1S/C21H30FN3O2/c1-16(2)14-23-10-12-24(13-11-23)21(27)18-4-3-9-25(15-18)20(26)17-5-7-19(22)8-6-17/h5-8,16,18H,3-4,9-15H2,1-2H3. The maximum Gasteiger partial charge on any atom is 0.253 e. The third kappa shape index (κ3) is 5.06. The lowest BCUT2D eigenvalue weighted by atomic mass is 9.95. The molecule has 2 amide bonds. The summed E-state index contributed by atoms with van der Waals surface area (Å²) in [6, 6.07) is 5.63. The monoisotopic (exact) mass is 375 g/mol. The van der Waals surface area contributed by atoms with Crippen molar-refractivity contribution in [3.05, 3.63) is 35.6 Å². The number of carbonyl (C=O) groups excluding carboxylic acids is 2. The van der Waals surface area contributed by atoms with Crippen molar-refractivity contribution in [3.63, 3.8) is 0 Å². The van der Waals surface area contributed by atoms with E-state index >= 15 is 0 Å². The van der Waals surface area contributed by atoms with Crippen LogP contribution in [0, 0.1) is 17.7 Å². The van der Waals surface area contributed by atoms with Crippen LogP contribution in [0.2, 0.25) is 0 Å². The van der Waals surface area contributed by atoms with Crippen LogP contribution in [0.15, 0.2) is 24.3 Å². The third-order valence-electron chi connectivity index (χ3n) is 5.46. The van der Waals surface area contributed by atoms with Crippen molar-refractivity contribution in [2.75, 3.05) is 45.8 Å². The molecule has 0 spiro atoms. The minimum Gasteiger partial charge on any atom is -0.340 e. The number of halogens is 1. The van der Waals surface area contributed by atoms with Gasteiger partial charge in [0.1, 0.15) is 5.82 Å². The minimum absolute atomic E-state index is 0.116.